The lowest BCUT2D eigenvalue weighted by Crippen LogP contribution is -2.27. The number of carbonyl (C=O) groups excluding carboxylic acids is 1. The first-order chi connectivity index (χ1) is 3.39. The van der Waals surface area contributed by atoms with Crippen LogP contribution < -0.4 is 5.32 Å². The van der Waals surface area contributed by atoms with Crippen LogP contribution in [0.2, 0.25) is 0 Å². The molecule has 48 valence electrons. The molecule has 0 saturated carbocycles. The highest BCUT2D eigenvalue weighted by molar-refractivity contribution is 6.92. The van der Waals surface area contributed by atoms with Gasteiger partial charge in [0.15, 0.2) is 0 Å². The molecule has 0 aliphatic carbocycles. The lowest BCUT2D eigenvalue weighted by Gasteiger charge is -2.08. The third kappa shape index (κ3) is 2.39. The van der Waals surface area contributed by atoms with Gasteiger partial charge in [-0.25, -0.2) is 0 Å². The Hall–Kier alpha value is 0.0600. The predicted octanol–water partition coefficient (Wildman–Crippen LogP) is -0.00300. The third-order valence-corrected chi connectivity index (χ3v) is 1.16. The molecule has 0 aromatic carbocycles. The van der Waals surface area contributed by atoms with Crippen LogP contribution in [0, 0.1) is 0 Å². The van der Waals surface area contributed by atoms with Gasteiger partial charge < -0.3 is 5.32 Å². The van der Waals surface area contributed by atoms with Gasteiger partial charge in [-0.05, 0) is 0 Å². The monoisotopic (exact) mass is 133 g/mol. The molecule has 2 nitrogen and oxygen atoms in total. The van der Waals surface area contributed by atoms with Crippen molar-refractivity contribution >= 4 is 15.7 Å². The average Bonchev–Trinajstić information content (AvgIpc) is 1.69. The molecule has 0 spiro atoms. The van der Waals surface area contributed by atoms with Crippen molar-refractivity contribution < 1.29 is 4.79 Å². The van der Waals surface area contributed by atoms with E-state index in [0.717, 1.165) is 25.9 Å². The second kappa shape index (κ2) is 3.99. The SMILES string of the molecule is O=C1CCNCC1.P. The summed E-state index contributed by atoms with van der Waals surface area (Å²) in [6.45, 7) is 1.78. The quantitative estimate of drug-likeness (QED) is 0.471. The van der Waals surface area contributed by atoms with Gasteiger partial charge >= 0.3 is 0 Å². The van der Waals surface area contributed by atoms with Gasteiger partial charge in [0.05, 0.1) is 0 Å². The summed E-state index contributed by atoms with van der Waals surface area (Å²) in [7, 11) is 0. The number of Topliss-reactive ketones (excluding diaryl/α,β-unsaturated/α-hetero) is 1. The zero-order valence-corrected chi connectivity index (χ0v) is 6.36. The molecule has 1 heterocycles. The lowest BCUT2D eigenvalue weighted by atomic mass is 10.1. The zero-order chi connectivity index (χ0) is 5.11. The van der Waals surface area contributed by atoms with Crippen molar-refractivity contribution in [3.8, 4) is 0 Å². The van der Waals surface area contributed by atoms with Crippen molar-refractivity contribution in [1.82, 2.24) is 5.32 Å². The van der Waals surface area contributed by atoms with Crippen LogP contribution >= 0.6 is 9.90 Å². The van der Waals surface area contributed by atoms with Gasteiger partial charge in [0.1, 0.15) is 5.78 Å². The highest BCUT2D eigenvalue weighted by Gasteiger charge is 2.04. The van der Waals surface area contributed by atoms with Gasteiger partial charge in [-0.3, -0.25) is 4.79 Å². The van der Waals surface area contributed by atoms with E-state index in [1.165, 1.54) is 0 Å². The molecule has 0 amide bonds. The molecule has 1 atom stereocenters. The minimum Gasteiger partial charge on any atom is -0.316 e. The van der Waals surface area contributed by atoms with E-state index in [1.54, 1.807) is 0 Å². The highest BCUT2D eigenvalue weighted by atomic mass is 31.0. The summed E-state index contributed by atoms with van der Waals surface area (Å²) < 4.78 is 0. The molecule has 1 rings (SSSR count). The number of nitrogens with one attached hydrogen (secondary N) is 1. The second-order valence-corrected chi connectivity index (χ2v) is 1.79. The summed E-state index contributed by atoms with van der Waals surface area (Å²) in [5.41, 5.74) is 0. The summed E-state index contributed by atoms with van der Waals surface area (Å²) in [5.74, 6) is 0.402. The van der Waals surface area contributed by atoms with E-state index >= 15 is 0 Å². The normalized spacial score (nSPS) is 19.8. The number of piperidine rings is 1. The minimum absolute atomic E-state index is 0. The largest absolute Gasteiger partial charge is 0.316 e. The van der Waals surface area contributed by atoms with E-state index < -0.39 is 0 Å². The van der Waals surface area contributed by atoms with Crippen molar-refractivity contribution in [3.05, 3.63) is 0 Å². The molecule has 1 unspecified atom stereocenters. The Morgan fingerprint density at radius 3 is 2.00 bits per heavy atom. The molecular formula is C5H12NOP. The Morgan fingerprint density at radius 2 is 1.75 bits per heavy atom. The van der Waals surface area contributed by atoms with Crippen molar-refractivity contribution in [3.63, 3.8) is 0 Å². The fraction of sp³-hybridized carbons (Fsp3) is 0.800. The van der Waals surface area contributed by atoms with Crippen molar-refractivity contribution in [2.24, 2.45) is 0 Å². The van der Waals surface area contributed by atoms with Crippen LogP contribution in [-0.2, 0) is 4.79 Å². The molecule has 0 aromatic rings. The predicted molar refractivity (Wildman–Crippen MR) is 38.2 cm³/mol. The standard InChI is InChI=1S/C5H9NO.H3P/c7-5-1-3-6-4-2-5;/h6H,1-4H2;1H3. The maximum atomic E-state index is 10.4. The van der Waals surface area contributed by atoms with Crippen LogP contribution in [0.5, 0.6) is 0 Å². The van der Waals surface area contributed by atoms with Gasteiger partial charge in [-0.15, -0.1) is 0 Å². The Labute approximate surface area is 52.7 Å². The lowest BCUT2D eigenvalue weighted by molar-refractivity contribution is -0.119. The topological polar surface area (TPSA) is 29.1 Å². The van der Waals surface area contributed by atoms with Crippen LogP contribution in [0.15, 0.2) is 0 Å². The van der Waals surface area contributed by atoms with Gasteiger partial charge in [0.25, 0.3) is 0 Å². The van der Waals surface area contributed by atoms with Gasteiger partial charge in [-0.1, -0.05) is 0 Å². The summed E-state index contributed by atoms with van der Waals surface area (Å²) >= 11 is 0. The van der Waals surface area contributed by atoms with Crippen LogP contribution in [-0.4, -0.2) is 18.9 Å². The molecule has 0 bridgehead atoms. The van der Waals surface area contributed by atoms with Crippen molar-refractivity contribution in [2.45, 2.75) is 12.8 Å². The smallest absolute Gasteiger partial charge is 0.135 e. The maximum Gasteiger partial charge on any atom is 0.135 e. The van der Waals surface area contributed by atoms with Crippen LogP contribution in [0.4, 0.5) is 0 Å². The second-order valence-electron chi connectivity index (χ2n) is 1.79. The molecule has 3 heteroatoms. The Bertz CT molecular complexity index is 76.5. The molecule has 1 N–H and O–H groups in total. The Balaban J connectivity index is 0.000000490. The first kappa shape index (κ1) is 8.06. The van der Waals surface area contributed by atoms with E-state index in [4.69, 9.17) is 0 Å². The van der Waals surface area contributed by atoms with E-state index in [-0.39, 0.29) is 9.90 Å². The minimum atomic E-state index is 0. The fourth-order valence-corrected chi connectivity index (χ4v) is 0.706. The van der Waals surface area contributed by atoms with Gasteiger partial charge in [-0.2, -0.15) is 9.90 Å². The van der Waals surface area contributed by atoms with E-state index in [0.29, 0.717) is 5.78 Å². The Kier molecular flexibility index (Phi) is 4.02. The van der Waals surface area contributed by atoms with Crippen molar-refractivity contribution in [2.75, 3.05) is 13.1 Å². The summed E-state index contributed by atoms with van der Waals surface area (Å²) in [5, 5.41) is 3.09. The van der Waals surface area contributed by atoms with Crippen LogP contribution in [0.3, 0.4) is 0 Å². The molecule has 0 radical (unpaired) electrons. The van der Waals surface area contributed by atoms with Gasteiger partial charge in [0, 0.05) is 25.9 Å². The summed E-state index contributed by atoms with van der Waals surface area (Å²) in [6.07, 6.45) is 1.47. The number of hydrogen-bond acceptors (Lipinski definition) is 2. The van der Waals surface area contributed by atoms with E-state index in [2.05, 4.69) is 5.32 Å². The first-order valence-corrected chi connectivity index (χ1v) is 2.62. The van der Waals surface area contributed by atoms with E-state index in [9.17, 15) is 4.79 Å². The summed E-state index contributed by atoms with van der Waals surface area (Å²) in [4.78, 5) is 10.4. The molecule has 1 saturated heterocycles. The third-order valence-electron chi connectivity index (χ3n) is 1.16. The number of hydrogen-bond donors (Lipinski definition) is 1. The summed E-state index contributed by atoms with van der Waals surface area (Å²) in [6, 6.07) is 0. The van der Waals surface area contributed by atoms with E-state index in [1.807, 2.05) is 0 Å². The number of rotatable bonds is 0. The average molecular weight is 133 g/mol. The molecule has 1 aliphatic heterocycles. The maximum absolute atomic E-state index is 10.4. The molecule has 8 heavy (non-hydrogen) atoms. The van der Waals surface area contributed by atoms with Crippen LogP contribution in [0.1, 0.15) is 12.8 Å². The Morgan fingerprint density at radius 1 is 1.25 bits per heavy atom. The zero-order valence-electron chi connectivity index (χ0n) is 4.94. The molecule has 1 aliphatic rings. The van der Waals surface area contributed by atoms with Crippen LogP contribution in [0.25, 0.3) is 0 Å². The highest BCUT2D eigenvalue weighted by Crippen LogP contribution is 1.91. The first-order valence-electron chi connectivity index (χ1n) is 2.62. The van der Waals surface area contributed by atoms with Gasteiger partial charge in [0.2, 0.25) is 0 Å². The van der Waals surface area contributed by atoms with Crippen molar-refractivity contribution in [1.29, 1.82) is 0 Å². The number of ketones is 1. The molecule has 1 fully saturated rings. The number of carbonyl (C=O) groups is 1. The molecular weight excluding hydrogens is 121 g/mol. The molecule has 0 aromatic heterocycles. The fourth-order valence-electron chi connectivity index (χ4n) is 0.706.